The molecule has 0 aliphatic heterocycles. The molecule has 0 spiro atoms. The summed E-state index contributed by atoms with van der Waals surface area (Å²) in [6.07, 6.45) is 27.4. The monoisotopic (exact) mass is 939 g/mol. The second-order valence-electron chi connectivity index (χ2n) is 31.1. The lowest BCUT2D eigenvalue weighted by atomic mass is 9.65. The van der Waals surface area contributed by atoms with Crippen molar-refractivity contribution in [2.75, 3.05) is 0 Å². The maximum Gasteiger partial charge on any atom is -0.0295 e. The summed E-state index contributed by atoms with van der Waals surface area (Å²) in [5.41, 5.74) is 1.37. The maximum atomic E-state index is 2.51. The average Bonchev–Trinajstić information content (AvgIpc) is 4.15. The van der Waals surface area contributed by atoms with E-state index in [9.17, 15) is 0 Å². The second kappa shape index (κ2) is 21.3. The summed E-state index contributed by atoms with van der Waals surface area (Å²) in [5.74, 6) is 30.9. The molecule has 0 heteroatoms. The Kier molecular flexibility index (Phi) is 17.0. The second-order valence-corrected chi connectivity index (χ2v) is 31.1. The van der Waals surface area contributed by atoms with Gasteiger partial charge in [-0.25, -0.2) is 0 Å². The van der Waals surface area contributed by atoms with Crippen LogP contribution >= 0.6 is 0 Å². The quantitative estimate of drug-likeness (QED) is 0.263. The minimum atomic E-state index is 0.663. The van der Waals surface area contributed by atoms with E-state index in [0.29, 0.717) is 10.8 Å². The van der Waals surface area contributed by atoms with Crippen LogP contribution in [0.25, 0.3) is 0 Å². The molecule has 0 aromatic heterocycles. The summed E-state index contributed by atoms with van der Waals surface area (Å²) in [6.45, 7) is 46.6. The van der Waals surface area contributed by atoms with Crippen molar-refractivity contribution in [2.24, 2.45) is 182 Å². The van der Waals surface area contributed by atoms with Gasteiger partial charge >= 0.3 is 0 Å². The van der Waals surface area contributed by atoms with Gasteiger partial charge in [0.15, 0.2) is 0 Å². The molecule has 0 saturated heterocycles. The molecular weight excluding hydrogens is 817 g/mol. The lowest BCUT2D eigenvalue weighted by Crippen LogP contribution is -2.32. The third-order valence-electron chi connectivity index (χ3n) is 28.7. The normalized spacial score (nSPS) is 56.8. The molecule has 30 unspecified atom stereocenters. The van der Waals surface area contributed by atoms with Crippen molar-refractivity contribution in [2.45, 2.75) is 247 Å². The Hall–Kier alpha value is 0. The fourth-order valence-electron chi connectivity index (χ4n) is 23.0. The third-order valence-corrected chi connectivity index (χ3v) is 28.7. The van der Waals surface area contributed by atoms with Crippen molar-refractivity contribution >= 4 is 0 Å². The van der Waals surface area contributed by atoms with E-state index >= 15 is 0 Å². The highest BCUT2D eigenvalue weighted by molar-refractivity contribution is 5.06. The third kappa shape index (κ3) is 9.88. The molecule has 12 bridgehead atoms. The van der Waals surface area contributed by atoms with Crippen molar-refractivity contribution in [1.82, 2.24) is 0 Å². The lowest BCUT2D eigenvalue weighted by molar-refractivity contribution is 0.0960. The van der Waals surface area contributed by atoms with Crippen molar-refractivity contribution in [3.8, 4) is 0 Å². The fourth-order valence-corrected chi connectivity index (χ4v) is 23.0. The van der Waals surface area contributed by atoms with Gasteiger partial charge in [-0.15, -0.1) is 0 Å². The van der Waals surface area contributed by atoms with Gasteiger partial charge in [-0.05, 0) is 266 Å². The van der Waals surface area contributed by atoms with Crippen LogP contribution in [0.5, 0.6) is 0 Å². The van der Waals surface area contributed by atoms with Crippen LogP contribution in [0.3, 0.4) is 0 Å². The van der Waals surface area contributed by atoms with E-state index in [0.717, 1.165) is 160 Å². The minimum absolute atomic E-state index is 0.663. The highest BCUT2D eigenvalue weighted by atomic mass is 14.6. The van der Waals surface area contributed by atoms with Gasteiger partial charge in [0, 0.05) is 0 Å². The van der Waals surface area contributed by atoms with Gasteiger partial charge in [0.2, 0.25) is 0 Å². The summed E-state index contributed by atoms with van der Waals surface area (Å²) in [6, 6.07) is 0. The summed E-state index contributed by atoms with van der Waals surface area (Å²) in [7, 11) is 0. The molecular formula is C68H122. The molecule has 68 heavy (non-hydrogen) atoms. The maximum absolute atomic E-state index is 2.51. The van der Waals surface area contributed by atoms with Gasteiger partial charge in [0.25, 0.3) is 0 Å². The van der Waals surface area contributed by atoms with Crippen LogP contribution in [0.1, 0.15) is 247 Å². The molecule has 0 radical (unpaired) electrons. The molecule has 13 aliphatic carbocycles. The van der Waals surface area contributed by atoms with E-state index in [1.807, 2.05) is 0 Å². The van der Waals surface area contributed by atoms with Crippen LogP contribution < -0.4 is 0 Å². The molecule has 0 aromatic rings. The zero-order chi connectivity index (χ0) is 49.5. The highest BCUT2D eigenvalue weighted by Crippen LogP contribution is 2.65. The molecule has 30 atom stereocenters. The molecule has 0 heterocycles. The van der Waals surface area contributed by atoms with Crippen LogP contribution in [0, 0.1) is 182 Å². The SMILES string of the molecule is CC1C(C)C2CC1C1CCCC21.CC1C2CC(C1C)C(C)(C)C2.CC1CC2CC1C(C)C2C.CCC1(C)CC2CC1C(C)C2C.CCC1CC2CC1C(C)C2C.CCCC1CC2CC1C(C)C2C. The Morgan fingerprint density at radius 2 is 0.779 bits per heavy atom. The Labute approximate surface area is 427 Å². The van der Waals surface area contributed by atoms with Crippen LogP contribution in [0.4, 0.5) is 0 Å². The van der Waals surface area contributed by atoms with Gasteiger partial charge in [-0.3, -0.25) is 0 Å². The van der Waals surface area contributed by atoms with Crippen LogP contribution in [0.15, 0.2) is 0 Å². The van der Waals surface area contributed by atoms with E-state index < -0.39 is 0 Å². The first-order valence-corrected chi connectivity index (χ1v) is 32.1. The van der Waals surface area contributed by atoms with Crippen molar-refractivity contribution in [3.63, 3.8) is 0 Å². The molecule has 0 nitrogen and oxygen atoms in total. The summed E-state index contributed by atoms with van der Waals surface area (Å²) in [4.78, 5) is 0. The number of hydrogen-bond acceptors (Lipinski definition) is 0. The molecule has 394 valence electrons. The van der Waals surface area contributed by atoms with E-state index in [2.05, 4.69) is 132 Å². The summed E-state index contributed by atoms with van der Waals surface area (Å²) >= 11 is 0. The van der Waals surface area contributed by atoms with E-state index in [4.69, 9.17) is 0 Å². The smallest absolute Gasteiger partial charge is 0.0295 e. The minimum Gasteiger partial charge on any atom is -0.0654 e. The number of rotatable bonds is 4. The summed E-state index contributed by atoms with van der Waals surface area (Å²) < 4.78 is 0. The van der Waals surface area contributed by atoms with Gasteiger partial charge in [0.1, 0.15) is 0 Å². The van der Waals surface area contributed by atoms with Crippen molar-refractivity contribution in [1.29, 1.82) is 0 Å². The van der Waals surface area contributed by atoms with E-state index in [1.54, 1.807) is 57.8 Å². The predicted molar refractivity (Wildman–Crippen MR) is 297 cm³/mol. The van der Waals surface area contributed by atoms with Gasteiger partial charge in [-0.2, -0.15) is 0 Å². The molecule has 13 fully saturated rings. The number of fused-ring (bicyclic) bond motifs is 15. The Balaban J connectivity index is 0.000000110. The Morgan fingerprint density at radius 3 is 1.16 bits per heavy atom. The molecule has 13 aliphatic rings. The predicted octanol–water partition coefficient (Wildman–Crippen LogP) is 20.3. The lowest BCUT2D eigenvalue weighted by Gasteiger charge is -2.40. The standard InChI is InChI=1S/C12H20.2C12H22.2C11H20.C10H18/c1-7-8(2)12-6-11(7)9-4-3-5-10(9)12;1-5-12(4)7-10-6-11(12)9(3)8(10)2;1-4-5-10-6-11-7-12(10)9(3)8(11)2;1-7-8(2)10-5-9(7)6-11(10,3)4;1-4-9-5-10-6-11(9)8(3)7(10)2;1-6-4-9-5-10(6)8(3)7(9)2/h7-12H,3-6H2,1-2H3;8-11H,5-7H2,1-4H3;8-12H,4-7H2,1-3H3;7-10H,5-6H2,1-4H3;7-11H,4-6H2,1-3H3;6-10H,4-5H2,1-3H3. The molecule has 0 aromatic carbocycles. The first-order valence-electron chi connectivity index (χ1n) is 32.1. The van der Waals surface area contributed by atoms with Crippen molar-refractivity contribution in [3.05, 3.63) is 0 Å². The van der Waals surface area contributed by atoms with Crippen LogP contribution in [0.2, 0.25) is 0 Å². The zero-order valence-electron chi connectivity index (χ0n) is 49.5. The topological polar surface area (TPSA) is 0 Å². The zero-order valence-corrected chi connectivity index (χ0v) is 49.5. The van der Waals surface area contributed by atoms with Gasteiger partial charge in [0.05, 0.1) is 0 Å². The molecule has 13 rings (SSSR count). The molecule has 13 saturated carbocycles. The highest BCUT2D eigenvalue weighted by Gasteiger charge is 2.57. The average molecular weight is 940 g/mol. The Bertz CT molecular complexity index is 1570. The summed E-state index contributed by atoms with van der Waals surface area (Å²) in [5, 5.41) is 0. The first-order chi connectivity index (χ1) is 32.1. The van der Waals surface area contributed by atoms with Gasteiger partial charge < -0.3 is 0 Å². The van der Waals surface area contributed by atoms with Crippen LogP contribution in [-0.4, -0.2) is 0 Å². The van der Waals surface area contributed by atoms with Crippen LogP contribution in [-0.2, 0) is 0 Å². The first kappa shape index (κ1) is 54.3. The molecule has 0 N–H and O–H groups in total. The van der Waals surface area contributed by atoms with Crippen molar-refractivity contribution < 1.29 is 0 Å². The van der Waals surface area contributed by atoms with E-state index in [1.165, 1.54) is 69.6 Å². The largest absolute Gasteiger partial charge is 0.0654 e. The molecule has 0 amide bonds. The van der Waals surface area contributed by atoms with E-state index in [-0.39, 0.29) is 0 Å². The fraction of sp³-hybridized carbons (Fsp3) is 1.00. The number of hydrogen-bond donors (Lipinski definition) is 0. The Morgan fingerprint density at radius 1 is 0.353 bits per heavy atom. The van der Waals surface area contributed by atoms with Gasteiger partial charge in [-0.1, -0.05) is 164 Å².